The summed E-state index contributed by atoms with van der Waals surface area (Å²) in [6.45, 7) is 8.28. The van der Waals surface area contributed by atoms with Gasteiger partial charge in [0.15, 0.2) is 0 Å². The van der Waals surface area contributed by atoms with E-state index in [1.807, 2.05) is 6.07 Å². The van der Waals surface area contributed by atoms with Crippen LogP contribution in [-0.2, 0) is 4.74 Å². The van der Waals surface area contributed by atoms with Gasteiger partial charge in [-0.1, -0.05) is 72.4 Å². The number of nitrogens with zero attached hydrogens (tertiary/aromatic N) is 1. The summed E-state index contributed by atoms with van der Waals surface area (Å²) in [5.74, 6) is 0. The molecular formula is C22H30NOSi. The van der Waals surface area contributed by atoms with Crippen molar-refractivity contribution in [3.05, 3.63) is 72.3 Å². The van der Waals surface area contributed by atoms with Gasteiger partial charge in [-0.05, 0) is 50.7 Å². The molecule has 2 nitrogen and oxygen atoms in total. The molecule has 133 valence electrons. The van der Waals surface area contributed by atoms with Crippen molar-refractivity contribution in [1.82, 2.24) is 4.90 Å². The average Bonchev–Trinajstić information content (AvgIpc) is 2.64. The minimum atomic E-state index is -0.665. The van der Waals surface area contributed by atoms with Gasteiger partial charge in [0.05, 0.1) is 0 Å². The van der Waals surface area contributed by atoms with Gasteiger partial charge < -0.3 is 9.64 Å². The summed E-state index contributed by atoms with van der Waals surface area (Å²) in [5, 5.41) is 1.46. The lowest BCUT2D eigenvalue weighted by Gasteiger charge is -2.17. The molecule has 0 fully saturated rings. The maximum atomic E-state index is 5.77. The molecule has 2 rings (SSSR count). The molecule has 0 aliphatic rings. The third kappa shape index (κ3) is 6.27. The van der Waals surface area contributed by atoms with Gasteiger partial charge in [-0.15, -0.1) is 0 Å². The van der Waals surface area contributed by atoms with E-state index in [1.165, 1.54) is 28.8 Å². The lowest BCUT2D eigenvalue weighted by atomic mass is 10.00. The van der Waals surface area contributed by atoms with E-state index in [0.29, 0.717) is 0 Å². The number of hydrogen-bond acceptors (Lipinski definition) is 2. The van der Waals surface area contributed by atoms with Crippen molar-refractivity contribution in [3.63, 3.8) is 0 Å². The normalized spacial score (nSPS) is 11.2. The van der Waals surface area contributed by atoms with Crippen molar-refractivity contribution in [2.45, 2.75) is 19.4 Å². The monoisotopic (exact) mass is 352 g/mol. The lowest BCUT2D eigenvalue weighted by molar-refractivity contribution is 0.191. The van der Waals surface area contributed by atoms with E-state index in [9.17, 15) is 0 Å². The van der Waals surface area contributed by atoms with Gasteiger partial charge in [0, 0.05) is 12.8 Å². The van der Waals surface area contributed by atoms with Crippen molar-refractivity contribution >= 4 is 19.6 Å². The third-order valence-corrected chi connectivity index (χ3v) is 6.99. The van der Waals surface area contributed by atoms with Crippen molar-refractivity contribution in [1.29, 1.82) is 0 Å². The Morgan fingerprint density at radius 1 is 1.00 bits per heavy atom. The Bertz CT molecular complexity index is 637. The van der Waals surface area contributed by atoms with E-state index >= 15 is 0 Å². The van der Waals surface area contributed by atoms with Gasteiger partial charge in [-0.25, -0.2) is 0 Å². The summed E-state index contributed by atoms with van der Waals surface area (Å²) in [6.07, 6.45) is 2.13. The summed E-state index contributed by atoms with van der Waals surface area (Å²) in [7, 11) is 3.61. The SMILES string of the molecule is C=C(c1ccccc1)c1ccc([Si](CCCN(C)C)COCC)cc1. The minimum absolute atomic E-state index is 0.665. The Labute approximate surface area is 154 Å². The summed E-state index contributed by atoms with van der Waals surface area (Å²) in [6, 6.07) is 20.6. The first-order chi connectivity index (χ1) is 12.1. The van der Waals surface area contributed by atoms with Crippen LogP contribution in [0.4, 0.5) is 0 Å². The number of hydrogen-bond donors (Lipinski definition) is 0. The highest BCUT2D eigenvalue weighted by atomic mass is 28.3. The Morgan fingerprint density at radius 3 is 2.24 bits per heavy atom. The molecule has 0 heterocycles. The van der Waals surface area contributed by atoms with E-state index in [0.717, 1.165) is 25.0 Å². The fraction of sp³-hybridized carbons (Fsp3) is 0.364. The van der Waals surface area contributed by atoms with Gasteiger partial charge in [0.2, 0.25) is 0 Å². The molecule has 0 saturated carbocycles. The third-order valence-electron chi connectivity index (χ3n) is 4.33. The fourth-order valence-corrected chi connectivity index (χ4v) is 5.12. The first-order valence-electron chi connectivity index (χ1n) is 9.04. The quantitative estimate of drug-likeness (QED) is 0.600. The molecule has 2 aromatic carbocycles. The molecule has 3 heteroatoms. The predicted molar refractivity (Wildman–Crippen MR) is 111 cm³/mol. The predicted octanol–water partition coefficient (Wildman–Crippen LogP) is 3.98. The zero-order chi connectivity index (χ0) is 18.1. The number of ether oxygens (including phenoxy) is 1. The lowest BCUT2D eigenvalue weighted by Crippen LogP contribution is -2.36. The van der Waals surface area contributed by atoms with Crippen molar-refractivity contribution in [2.75, 3.05) is 33.5 Å². The fourth-order valence-electron chi connectivity index (χ4n) is 2.85. The molecule has 25 heavy (non-hydrogen) atoms. The molecule has 0 aliphatic heterocycles. The molecule has 0 amide bonds. The molecule has 0 aliphatic carbocycles. The van der Waals surface area contributed by atoms with Crippen LogP contribution in [0.2, 0.25) is 6.04 Å². The Hall–Kier alpha value is -1.68. The highest BCUT2D eigenvalue weighted by molar-refractivity contribution is 6.73. The standard InChI is InChI=1S/C22H30NOSi/c1-5-24-18-25(17-9-16-23(3)4)22-14-12-21(13-15-22)19(2)20-10-7-6-8-11-20/h6-8,10-15H,2,5,9,16-18H2,1,3-4H3. The van der Waals surface area contributed by atoms with Gasteiger partial charge in [-0.3, -0.25) is 0 Å². The first kappa shape index (κ1) is 19.6. The number of rotatable bonds is 10. The van der Waals surface area contributed by atoms with Crippen molar-refractivity contribution in [2.24, 2.45) is 0 Å². The van der Waals surface area contributed by atoms with Crippen LogP contribution in [0.5, 0.6) is 0 Å². The molecule has 0 unspecified atom stereocenters. The Balaban J connectivity index is 2.07. The van der Waals surface area contributed by atoms with E-state index in [4.69, 9.17) is 4.74 Å². The van der Waals surface area contributed by atoms with Crippen LogP contribution in [0.15, 0.2) is 61.2 Å². The maximum Gasteiger partial charge on any atom is 0.117 e. The second-order valence-corrected chi connectivity index (χ2v) is 9.14. The van der Waals surface area contributed by atoms with Crippen LogP contribution < -0.4 is 5.19 Å². The van der Waals surface area contributed by atoms with Crippen LogP contribution in [0.3, 0.4) is 0 Å². The molecule has 0 bridgehead atoms. The zero-order valence-electron chi connectivity index (χ0n) is 15.8. The van der Waals surface area contributed by atoms with E-state index in [1.54, 1.807) is 0 Å². The van der Waals surface area contributed by atoms with Crippen LogP contribution in [0, 0.1) is 0 Å². The molecule has 2 aromatic rings. The molecule has 0 aromatic heterocycles. The topological polar surface area (TPSA) is 12.5 Å². The molecular weight excluding hydrogens is 322 g/mol. The minimum Gasteiger partial charge on any atom is -0.385 e. The second-order valence-electron chi connectivity index (χ2n) is 6.57. The highest BCUT2D eigenvalue weighted by Gasteiger charge is 2.15. The second kappa shape index (κ2) is 10.3. The molecule has 0 saturated heterocycles. The largest absolute Gasteiger partial charge is 0.385 e. The van der Waals surface area contributed by atoms with Crippen molar-refractivity contribution in [3.8, 4) is 0 Å². The highest BCUT2D eigenvalue weighted by Crippen LogP contribution is 2.20. The van der Waals surface area contributed by atoms with Gasteiger partial charge in [0.25, 0.3) is 0 Å². The van der Waals surface area contributed by atoms with E-state index in [2.05, 4.69) is 81.0 Å². The smallest absolute Gasteiger partial charge is 0.117 e. The van der Waals surface area contributed by atoms with Crippen molar-refractivity contribution < 1.29 is 4.74 Å². The summed E-state index contributed by atoms with van der Waals surface area (Å²) in [5.41, 5.74) is 3.46. The van der Waals surface area contributed by atoms with E-state index < -0.39 is 8.80 Å². The first-order valence-corrected chi connectivity index (χ1v) is 11.0. The number of benzene rings is 2. The Kier molecular flexibility index (Phi) is 8.12. The maximum absolute atomic E-state index is 5.77. The molecule has 0 N–H and O–H groups in total. The van der Waals surface area contributed by atoms with Gasteiger partial charge in [0.1, 0.15) is 8.80 Å². The zero-order valence-corrected chi connectivity index (χ0v) is 16.8. The molecule has 0 atom stereocenters. The van der Waals surface area contributed by atoms with Gasteiger partial charge >= 0.3 is 0 Å². The van der Waals surface area contributed by atoms with Gasteiger partial charge in [-0.2, -0.15) is 0 Å². The average molecular weight is 353 g/mol. The Morgan fingerprint density at radius 2 is 1.64 bits per heavy atom. The summed E-state index contributed by atoms with van der Waals surface area (Å²) < 4.78 is 5.77. The van der Waals surface area contributed by atoms with Crippen LogP contribution in [0.25, 0.3) is 5.57 Å². The summed E-state index contributed by atoms with van der Waals surface area (Å²) >= 11 is 0. The van der Waals surface area contributed by atoms with Crippen LogP contribution >= 0.6 is 0 Å². The van der Waals surface area contributed by atoms with E-state index in [-0.39, 0.29) is 0 Å². The molecule has 0 spiro atoms. The summed E-state index contributed by atoms with van der Waals surface area (Å²) in [4.78, 5) is 2.26. The molecule has 1 radical (unpaired) electrons. The van der Waals surface area contributed by atoms with Crippen LogP contribution in [-0.4, -0.2) is 47.2 Å². The van der Waals surface area contributed by atoms with Crippen LogP contribution in [0.1, 0.15) is 24.5 Å².